The second kappa shape index (κ2) is 9.71. The molecule has 2 fully saturated rings. The third kappa shape index (κ3) is 5.06. The van der Waals surface area contributed by atoms with Crippen molar-refractivity contribution >= 4 is 41.9 Å². The summed E-state index contributed by atoms with van der Waals surface area (Å²) in [7, 11) is 1.73. The van der Waals surface area contributed by atoms with Crippen molar-refractivity contribution in [3.05, 3.63) is 18.0 Å². The average Bonchev–Trinajstić information content (AvgIpc) is 3.24. The maximum absolute atomic E-state index is 11.6. The molecule has 0 spiro atoms. The predicted molar refractivity (Wildman–Crippen MR) is 105 cm³/mol. The van der Waals surface area contributed by atoms with Crippen LogP contribution < -0.4 is 10.6 Å². The topological polar surface area (TPSA) is 106 Å². The van der Waals surface area contributed by atoms with E-state index in [1.807, 2.05) is 6.07 Å². The average molecular weight is 477 g/mol. The fraction of sp³-hybridized carbons (Fsp3) is 0.600. The van der Waals surface area contributed by atoms with E-state index in [4.69, 9.17) is 4.52 Å². The van der Waals surface area contributed by atoms with Gasteiger partial charge in [0.2, 0.25) is 5.91 Å². The number of aromatic nitrogens is 1. The molecule has 11 heteroatoms. The Morgan fingerprint density at radius 1 is 1.35 bits per heavy atom. The van der Waals surface area contributed by atoms with E-state index in [1.165, 1.54) is 4.90 Å². The van der Waals surface area contributed by atoms with Crippen LogP contribution in [0.3, 0.4) is 0 Å². The van der Waals surface area contributed by atoms with E-state index in [0.717, 1.165) is 44.4 Å². The number of piperazine rings is 1. The molecule has 3 amide bonds. The number of amides is 3. The van der Waals surface area contributed by atoms with Crippen LogP contribution in [0.2, 0.25) is 0 Å². The molecule has 0 aromatic carbocycles. The Morgan fingerprint density at radius 3 is 2.69 bits per heavy atom. The lowest BCUT2D eigenvalue weighted by Gasteiger charge is -2.36. The molecule has 0 bridgehead atoms. The number of carbonyl (C=O) groups is 2. The van der Waals surface area contributed by atoms with E-state index in [2.05, 4.69) is 30.6 Å². The van der Waals surface area contributed by atoms with Crippen LogP contribution in [0, 0.1) is 0 Å². The third-order valence-corrected chi connectivity index (χ3v) is 4.32. The Morgan fingerprint density at radius 2 is 2.12 bits per heavy atom. The zero-order valence-electron chi connectivity index (χ0n) is 14.7. The minimum atomic E-state index is -0.330. The van der Waals surface area contributed by atoms with E-state index in [0.29, 0.717) is 13.1 Å². The second-order valence-corrected chi connectivity index (χ2v) is 5.93. The molecule has 0 unspecified atom stereocenters. The molecule has 3 heterocycles. The number of urea groups is 1. The zero-order valence-corrected chi connectivity index (χ0v) is 17.0. The van der Waals surface area contributed by atoms with Crippen LogP contribution in [0.4, 0.5) is 4.79 Å². The predicted octanol–water partition coefficient (Wildman–Crippen LogP) is -0.463. The first-order valence-corrected chi connectivity index (χ1v) is 8.33. The Hall–Kier alpha value is -1.89. The molecule has 1 aromatic heterocycles. The van der Waals surface area contributed by atoms with Gasteiger partial charge in [-0.25, -0.2) is 4.79 Å². The summed E-state index contributed by atoms with van der Waals surface area (Å²) in [5.74, 6) is 0.594. The van der Waals surface area contributed by atoms with Crippen LogP contribution in [0.5, 0.6) is 0 Å². The molecule has 3 rings (SSSR count). The molecule has 0 atom stereocenters. The largest absolute Gasteiger partial charge is 0.364 e. The molecule has 26 heavy (non-hydrogen) atoms. The fourth-order valence-electron chi connectivity index (χ4n) is 2.96. The lowest BCUT2D eigenvalue weighted by atomic mass is 10.3. The lowest BCUT2D eigenvalue weighted by molar-refractivity contribution is -0.124. The van der Waals surface area contributed by atoms with Crippen LogP contribution in [0.25, 0.3) is 0 Å². The Kier molecular flexibility index (Phi) is 7.63. The molecular weight excluding hydrogens is 453 g/mol. The van der Waals surface area contributed by atoms with Gasteiger partial charge in [0.05, 0.1) is 12.2 Å². The first kappa shape index (κ1) is 20.4. The van der Waals surface area contributed by atoms with Crippen molar-refractivity contribution in [2.24, 2.45) is 4.99 Å². The van der Waals surface area contributed by atoms with Crippen LogP contribution in [-0.2, 0) is 11.3 Å². The summed E-state index contributed by atoms with van der Waals surface area (Å²) in [5, 5.41) is 9.67. The first-order chi connectivity index (χ1) is 12.2. The molecule has 1 aromatic rings. The van der Waals surface area contributed by atoms with Crippen molar-refractivity contribution in [1.29, 1.82) is 0 Å². The summed E-state index contributed by atoms with van der Waals surface area (Å²) in [6.07, 6.45) is 1.59. The fourth-order valence-corrected chi connectivity index (χ4v) is 2.96. The van der Waals surface area contributed by atoms with E-state index in [9.17, 15) is 9.59 Å². The summed E-state index contributed by atoms with van der Waals surface area (Å²) in [6.45, 7) is 5.17. The first-order valence-electron chi connectivity index (χ1n) is 8.33. The highest BCUT2D eigenvalue weighted by molar-refractivity contribution is 14.0. The number of hydrogen-bond donors (Lipinski definition) is 2. The maximum Gasteiger partial charge on any atom is 0.324 e. The second-order valence-electron chi connectivity index (χ2n) is 5.93. The minimum absolute atomic E-state index is 0. The number of nitrogens with one attached hydrogen (secondary N) is 2. The van der Waals surface area contributed by atoms with Gasteiger partial charge in [-0.2, -0.15) is 0 Å². The van der Waals surface area contributed by atoms with E-state index < -0.39 is 0 Å². The molecule has 2 aliphatic rings. The van der Waals surface area contributed by atoms with Crippen molar-refractivity contribution in [2.75, 3.05) is 52.9 Å². The van der Waals surface area contributed by atoms with Crippen LogP contribution >= 0.6 is 24.0 Å². The van der Waals surface area contributed by atoms with Crippen molar-refractivity contribution in [3.63, 3.8) is 0 Å². The number of imide groups is 1. The molecule has 2 aliphatic heterocycles. The van der Waals surface area contributed by atoms with Gasteiger partial charge < -0.3 is 20.1 Å². The summed E-state index contributed by atoms with van der Waals surface area (Å²) in [4.78, 5) is 33.1. The Labute approximate surface area is 169 Å². The van der Waals surface area contributed by atoms with E-state index in [1.54, 1.807) is 13.3 Å². The Bertz CT molecular complexity index is 613. The highest BCUT2D eigenvalue weighted by Gasteiger charge is 2.28. The molecule has 0 aliphatic carbocycles. The normalized spacial score (nSPS) is 18.7. The van der Waals surface area contributed by atoms with Gasteiger partial charge in [-0.05, 0) is 0 Å². The van der Waals surface area contributed by atoms with Gasteiger partial charge in [-0.3, -0.25) is 19.6 Å². The molecule has 144 valence electrons. The van der Waals surface area contributed by atoms with Gasteiger partial charge in [0.1, 0.15) is 6.26 Å². The summed E-state index contributed by atoms with van der Waals surface area (Å²) in [6, 6.07) is 1.55. The number of rotatable bonds is 5. The standard InChI is InChI=1S/C15H23N7O3.HI/c1-16-14(17-3-4-22-13(23)10-18-15(22)24)21-7-5-20(6-8-21)11-12-2-9-25-19-12;/h2,9H,3-8,10-11H2,1H3,(H,16,17)(H,18,24);1H. The molecule has 0 saturated carbocycles. The van der Waals surface area contributed by atoms with E-state index in [-0.39, 0.29) is 42.5 Å². The van der Waals surface area contributed by atoms with Crippen LogP contribution in [0.15, 0.2) is 21.8 Å². The van der Waals surface area contributed by atoms with E-state index >= 15 is 0 Å². The van der Waals surface area contributed by atoms with Gasteiger partial charge in [0.25, 0.3) is 0 Å². The number of hydrogen-bond acceptors (Lipinski definition) is 6. The molecule has 2 N–H and O–H groups in total. The lowest BCUT2D eigenvalue weighted by Crippen LogP contribution is -2.53. The van der Waals surface area contributed by atoms with Gasteiger partial charge >= 0.3 is 6.03 Å². The highest BCUT2D eigenvalue weighted by Crippen LogP contribution is 2.07. The Balaban J connectivity index is 0.00000243. The zero-order chi connectivity index (χ0) is 17.6. The minimum Gasteiger partial charge on any atom is -0.364 e. The third-order valence-electron chi connectivity index (χ3n) is 4.32. The number of nitrogens with zero attached hydrogens (tertiary/aromatic N) is 5. The summed E-state index contributed by atoms with van der Waals surface area (Å²) < 4.78 is 4.86. The van der Waals surface area contributed by atoms with Crippen molar-refractivity contribution in [3.8, 4) is 0 Å². The van der Waals surface area contributed by atoms with Gasteiger partial charge in [-0.1, -0.05) is 5.16 Å². The molecule has 2 saturated heterocycles. The van der Waals surface area contributed by atoms with Crippen LogP contribution in [-0.4, -0.2) is 90.6 Å². The van der Waals surface area contributed by atoms with Crippen molar-refractivity contribution in [1.82, 2.24) is 30.5 Å². The van der Waals surface area contributed by atoms with Crippen molar-refractivity contribution < 1.29 is 14.1 Å². The smallest absolute Gasteiger partial charge is 0.324 e. The highest BCUT2D eigenvalue weighted by atomic mass is 127. The quantitative estimate of drug-likeness (QED) is 0.256. The SMILES string of the molecule is CN=C(NCCN1C(=O)CNC1=O)N1CCN(Cc2ccon2)CC1.I. The molecular formula is C15H24IN7O3. The van der Waals surface area contributed by atoms with Crippen LogP contribution in [0.1, 0.15) is 5.69 Å². The number of aliphatic imine (C=N–C) groups is 1. The monoisotopic (exact) mass is 477 g/mol. The summed E-state index contributed by atoms with van der Waals surface area (Å²) >= 11 is 0. The summed E-state index contributed by atoms with van der Waals surface area (Å²) in [5.41, 5.74) is 0.935. The van der Waals surface area contributed by atoms with Gasteiger partial charge in [0, 0.05) is 58.9 Å². The number of carbonyl (C=O) groups excluding carboxylic acids is 2. The maximum atomic E-state index is 11.6. The number of halogens is 1. The molecule has 10 nitrogen and oxygen atoms in total. The number of guanidine groups is 1. The van der Waals surface area contributed by atoms with Gasteiger partial charge in [0.15, 0.2) is 5.96 Å². The van der Waals surface area contributed by atoms with Gasteiger partial charge in [-0.15, -0.1) is 24.0 Å². The van der Waals surface area contributed by atoms with Crippen molar-refractivity contribution in [2.45, 2.75) is 6.54 Å². The molecule has 0 radical (unpaired) electrons.